The molecule has 0 saturated carbocycles. The van der Waals surface area contributed by atoms with Gasteiger partial charge in [-0.3, -0.25) is 4.79 Å². The average molecular weight is 330 g/mol. The highest BCUT2D eigenvalue weighted by Gasteiger charge is 2.01. The molecule has 23 heavy (non-hydrogen) atoms. The van der Waals surface area contributed by atoms with Gasteiger partial charge in [-0.25, -0.2) is 0 Å². The number of hydrogen-bond donors (Lipinski definition) is 1. The zero-order valence-electron chi connectivity index (χ0n) is 12.6. The fraction of sp³-hybridized carbons (Fsp3) is 0.167. The van der Waals surface area contributed by atoms with Crippen molar-refractivity contribution in [3.8, 4) is 23.3 Å². The molecule has 0 saturated heterocycles. The summed E-state index contributed by atoms with van der Waals surface area (Å²) in [6.45, 7) is 0.183. The van der Waals surface area contributed by atoms with Gasteiger partial charge in [-0.05, 0) is 42.5 Å². The number of ether oxygens (including phenoxy) is 2. The maximum absolute atomic E-state index is 11.7. The number of methoxy groups -OCH3 is 1. The summed E-state index contributed by atoms with van der Waals surface area (Å²) in [4.78, 5) is 11.7. The molecule has 118 valence electrons. The van der Waals surface area contributed by atoms with Gasteiger partial charge in [0.15, 0.2) is 6.61 Å². The third-order valence-corrected chi connectivity index (χ3v) is 3.10. The monoisotopic (exact) mass is 329 g/mol. The van der Waals surface area contributed by atoms with E-state index in [0.717, 1.165) is 11.3 Å². The van der Waals surface area contributed by atoms with Crippen molar-refractivity contribution in [2.75, 3.05) is 20.3 Å². The molecule has 0 unspecified atom stereocenters. The molecule has 1 N–H and O–H groups in total. The van der Waals surface area contributed by atoms with Crippen molar-refractivity contribution >= 4 is 17.5 Å². The molecule has 1 amide bonds. The van der Waals surface area contributed by atoms with Crippen molar-refractivity contribution in [3.63, 3.8) is 0 Å². The van der Waals surface area contributed by atoms with Crippen LogP contribution in [0.3, 0.4) is 0 Å². The van der Waals surface area contributed by atoms with Gasteiger partial charge in [0.25, 0.3) is 5.91 Å². The van der Waals surface area contributed by atoms with Crippen LogP contribution in [0.2, 0.25) is 5.02 Å². The fourth-order valence-electron chi connectivity index (χ4n) is 1.73. The van der Waals surface area contributed by atoms with Gasteiger partial charge < -0.3 is 14.8 Å². The number of amides is 1. The molecule has 4 nitrogen and oxygen atoms in total. The topological polar surface area (TPSA) is 47.6 Å². The van der Waals surface area contributed by atoms with E-state index in [4.69, 9.17) is 21.1 Å². The number of rotatable bonds is 5. The third-order valence-electron chi connectivity index (χ3n) is 2.86. The molecule has 2 aromatic rings. The van der Waals surface area contributed by atoms with Crippen LogP contribution in [-0.2, 0) is 4.79 Å². The van der Waals surface area contributed by atoms with E-state index in [0.29, 0.717) is 10.8 Å². The van der Waals surface area contributed by atoms with E-state index < -0.39 is 0 Å². The Morgan fingerprint density at radius 1 is 1.17 bits per heavy atom. The fourth-order valence-corrected chi connectivity index (χ4v) is 1.92. The van der Waals surface area contributed by atoms with E-state index >= 15 is 0 Å². The van der Waals surface area contributed by atoms with Gasteiger partial charge in [-0.2, -0.15) is 0 Å². The maximum Gasteiger partial charge on any atom is 0.258 e. The minimum Gasteiger partial charge on any atom is -0.497 e. The summed E-state index contributed by atoms with van der Waals surface area (Å²) in [5, 5.41) is 3.30. The molecule has 0 radical (unpaired) electrons. The van der Waals surface area contributed by atoms with Crippen LogP contribution in [0.4, 0.5) is 0 Å². The van der Waals surface area contributed by atoms with E-state index in [2.05, 4.69) is 17.2 Å². The van der Waals surface area contributed by atoms with Crippen LogP contribution in [-0.4, -0.2) is 26.2 Å². The summed E-state index contributed by atoms with van der Waals surface area (Å²) in [5.74, 6) is 6.89. The molecule has 2 rings (SSSR count). The maximum atomic E-state index is 11.7. The van der Waals surface area contributed by atoms with Crippen molar-refractivity contribution in [2.45, 2.75) is 0 Å². The first-order valence-electron chi connectivity index (χ1n) is 6.95. The molecule has 0 aromatic heterocycles. The summed E-state index contributed by atoms with van der Waals surface area (Å²) in [6, 6.07) is 14.2. The number of halogens is 1. The Balaban J connectivity index is 1.73. The first-order valence-corrected chi connectivity index (χ1v) is 7.33. The SMILES string of the molecule is COc1ccc(OCC(=O)NCC#Cc2cccc(Cl)c2)cc1. The molecule has 0 aliphatic heterocycles. The first-order chi connectivity index (χ1) is 11.2. The van der Waals surface area contributed by atoms with E-state index in [9.17, 15) is 4.79 Å². The highest BCUT2D eigenvalue weighted by Crippen LogP contribution is 2.16. The van der Waals surface area contributed by atoms with E-state index in [1.54, 1.807) is 43.5 Å². The van der Waals surface area contributed by atoms with Crippen LogP contribution in [0.25, 0.3) is 0 Å². The van der Waals surface area contributed by atoms with E-state index in [-0.39, 0.29) is 19.1 Å². The molecule has 0 aliphatic rings. The van der Waals surface area contributed by atoms with Crippen molar-refractivity contribution in [3.05, 3.63) is 59.1 Å². The Morgan fingerprint density at radius 2 is 1.91 bits per heavy atom. The lowest BCUT2D eigenvalue weighted by Gasteiger charge is -2.06. The molecule has 0 spiro atoms. The lowest BCUT2D eigenvalue weighted by molar-refractivity contribution is -0.122. The van der Waals surface area contributed by atoms with Crippen LogP contribution in [0, 0.1) is 11.8 Å². The van der Waals surface area contributed by atoms with Crippen LogP contribution < -0.4 is 14.8 Å². The Bertz CT molecular complexity index is 717. The molecule has 0 heterocycles. The van der Waals surface area contributed by atoms with Crippen molar-refractivity contribution in [2.24, 2.45) is 0 Å². The van der Waals surface area contributed by atoms with Gasteiger partial charge in [-0.1, -0.05) is 29.5 Å². The number of nitrogens with one attached hydrogen (secondary N) is 1. The smallest absolute Gasteiger partial charge is 0.258 e. The Morgan fingerprint density at radius 3 is 2.61 bits per heavy atom. The van der Waals surface area contributed by atoms with E-state index in [1.165, 1.54) is 0 Å². The zero-order chi connectivity index (χ0) is 16.5. The van der Waals surface area contributed by atoms with Gasteiger partial charge in [0.1, 0.15) is 11.5 Å². The Kier molecular flexibility index (Phi) is 6.34. The summed E-state index contributed by atoms with van der Waals surface area (Å²) in [7, 11) is 1.59. The largest absolute Gasteiger partial charge is 0.497 e. The first kappa shape index (κ1) is 16.7. The van der Waals surface area contributed by atoms with Gasteiger partial charge in [0.2, 0.25) is 0 Å². The molecule has 0 bridgehead atoms. The summed E-state index contributed by atoms with van der Waals surface area (Å²) >= 11 is 5.86. The molecule has 0 fully saturated rings. The van der Waals surface area contributed by atoms with Gasteiger partial charge in [0.05, 0.1) is 13.7 Å². The minimum atomic E-state index is -0.235. The number of carbonyl (C=O) groups excluding carboxylic acids is 1. The van der Waals surface area contributed by atoms with Crippen molar-refractivity contribution in [1.29, 1.82) is 0 Å². The number of hydrogen-bond acceptors (Lipinski definition) is 3. The standard InChI is InChI=1S/C18H16ClNO3/c1-22-16-7-9-17(10-8-16)23-13-18(21)20-11-3-5-14-4-2-6-15(19)12-14/h2,4,6-10,12H,11,13H2,1H3,(H,20,21). The quantitative estimate of drug-likeness (QED) is 0.858. The lowest BCUT2D eigenvalue weighted by atomic mass is 10.2. The second-order valence-electron chi connectivity index (χ2n) is 4.55. The predicted octanol–water partition coefficient (Wildman–Crippen LogP) is 2.90. The van der Waals surface area contributed by atoms with Gasteiger partial charge >= 0.3 is 0 Å². The van der Waals surface area contributed by atoms with Gasteiger partial charge in [0, 0.05) is 10.6 Å². The second-order valence-corrected chi connectivity index (χ2v) is 4.99. The lowest BCUT2D eigenvalue weighted by Crippen LogP contribution is -2.29. The van der Waals surface area contributed by atoms with E-state index in [1.807, 2.05) is 12.1 Å². The molecule has 0 aliphatic carbocycles. The second kappa shape index (κ2) is 8.72. The molecular formula is C18H16ClNO3. The molecule has 2 aromatic carbocycles. The minimum absolute atomic E-state index is 0.0643. The van der Waals surface area contributed by atoms with Crippen LogP contribution in [0.15, 0.2) is 48.5 Å². The Labute approximate surface area is 140 Å². The molecule has 5 heteroatoms. The van der Waals surface area contributed by atoms with Crippen molar-refractivity contribution in [1.82, 2.24) is 5.32 Å². The number of carbonyl (C=O) groups is 1. The highest BCUT2D eigenvalue weighted by molar-refractivity contribution is 6.30. The Hall–Kier alpha value is -2.64. The van der Waals surface area contributed by atoms with Crippen LogP contribution in [0.1, 0.15) is 5.56 Å². The molecule has 0 atom stereocenters. The highest BCUT2D eigenvalue weighted by atomic mass is 35.5. The number of benzene rings is 2. The normalized spacial score (nSPS) is 9.48. The molecular weight excluding hydrogens is 314 g/mol. The summed E-state index contributed by atoms with van der Waals surface area (Å²) in [6.07, 6.45) is 0. The van der Waals surface area contributed by atoms with Crippen molar-refractivity contribution < 1.29 is 14.3 Å². The average Bonchev–Trinajstić information content (AvgIpc) is 2.57. The van der Waals surface area contributed by atoms with Crippen LogP contribution in [0.5, 0.6) is 11.5 Å². The predicted molar refractivity (Wildman–Crippen MR) is 89.8 cm³/mol. The van der Waals surface area contributed by atoms with Crippen LogP contribution >= 0.6 is 11.6 Å². The van der Waals surface area contributed by atoms with Gasteiger partial charge in [-0.15, -0.1) is 0 Å². The third kappa shape index (κ3) is 5.93. The summed E-state index contributed by atoms with van der Waals surface area (Å²) < 4.78 is 10.4. The summed E-state index contributed by atoms with van der Waals surface area (Å²) in [5.41, 5.74) is 0.807. The zero-order valence-corrected chi connectivity index (χ0v) is 13.4.